The van der Waals surface area contributed by atoms with Crippen LogP contribution in [0.25, 0.3) is 11.1 Å². The molecule has 4 rings (SSSR count). The molecule has 0 aliphatic carbocycles. The van der Waals surface area contributed by atoms with E-state index in [2.05, 4.69) is 9.88 Å². The standard InChI is InChI=1S/C19H19N3O3/c23-22(24)17-9-3-1-6-14(17)12-21-11-5-7-15(13-21)19-20-16-8-2-4-10-18(16)25-19/h1-4,6,8-10,15H,5,7,11-13H2. The van der Waals surface area contributed by atoms with E-state index in [0.29, 0.717) is 6.54 Å². The summed E-state index contributed by atoms with van der Waals surface area (Å²) in [5, 5.41) is 11.2. The number of fused-ring (bicyclic) bond motifs is 1. The highest BCUT2D eigenvalue weighted by Crippen LogP contribution is 2.30. The van der Waals surface area contributed by atoms with Crippen molar-refractivity contribution in [1.29, 1.82) is 0 Å². The first kappa shape index (κ1) is 15.8. The Balaban J connectivity index is 1.52. The first-order valence-electron chi connectivity index (χ1n) is 8.51. The molecule has 1 aromatic heterocycles. The molecular weight excluding hydrogens is 318 g/mol. The lowest BCUT2D eigenvalue weighted by atomic mass is 9.97. The van der Waals surface area contributed by atoms with Crippen molar-refractivity contribution >= 4 is 16.8 Å². The van der Waals surface area contributed by atoms with Gasteiger partial charge in [-0.05, 0) is 31.5 Å². The van der Waals surface area contributed by atoms with Crippen molar-refractivity contribution in [2.45, 2.75) is 25.3 Å². The zero-order chi connectivity index (χ0) is 17.2. The highest BCUT2D eigenvalue weighted by Gasteiger charge is 2.26. The molecule has 1 unspecified atom stereocenters. The van der Waals surface area contributed by atoms with Crippen LogP contribution in [0.1, 0.15) is 30.2 Å². The van der Waals surface area contributed by atoms with E-state index >= 15 is 0 Å². The van der Waals surface area contributed by atoms with Crippen LogP contribution in [0.3, 0.4) is 0 Å². The predicted molar refractivity (Wildman–Crippen MR) is 94.4 cm³/mol. The van der Waals surface area contributed by atoms with Crippen molar-refractivity contribution in [1.82, 2.24) is 9.88 Å². The third kappa shape index (κ3) is 3.25. The molecule has 6 heteroatoms. The fraction of sp³-hybridized carbons (Fsp3) is 0.316. The molecule has 128 valence electrons. The van der Waals surface area contributed by atoms with Gasteiger partial charge >= 0.3 is 0 Å². The largest absolute Gasteiger partial charge is 0.440 e. The van der Waals surface area contributed by atoms with Crippen molar-refractivity contribution in [3.63, 3.8) is 0 Å². The van der Waals surface area contributed by atoms with Crippen molar-refractivity contribution in [3.8, 4) is 0 Å². The maximum Gasteiger partial charge on any atom is 0.273 e. The Morgan fingerprint density at radius 1 is 1.20 bits per heavy atom. The number of aromatic nitrogens is 1. The van der Waals surface area contributed by atoms with E-state index in [1.807, 2.05) is 36.4 Å². The minimum absolute atomic E-state index is 0.187. The van der Waals surface area contributed by atoms with E-state index in [1.165, 1.54) is 0 Å². The number of likely N-dealkylation sites (tertiary alicyclic amines) is 1. The molecule has 2 aromatic carbocycles. The molecule has 0 radical (unpaired) electrons. The Morgan fingerprint density at radius 3 is 2.84 bits per heavy atom. The number of para-hydroxylation sites is 3. The van der Waals surface area contributed by atoms with Gasteiger partial charge in [0.25, 0.3) is 5.69 Å². The number of piperidine rings is 1. The fourth-order valence-electron chi connectivity index (χ4n) is 3.53. The summed E-state index contributed by atoms with van der Waals surface area (Å²) < 4.78 is 5.92. The van der Waals surface area contributed by atoms with Crippen LogP contribution in [0.5, 0.6) is 0 Å². The van der Waals surface area contributed by atoms with E-state index < -0.39 is 0 Å². The summed E-state index contributed by atoms with van der Waals surface area (Å²) in [6.07, 6.45) is 2.06. The van der Waals surface area contributed by atoms with E-state index in [0.717, 1.165) is 48.5 Å². The average Bonchev–Trinajstić information content (AvgIpc) is 3.06. The van der Waals surface area contributed by atoms with Crippen molar-refractivity contribution < 1.29 is 9.34 Å². The van der Waals surface area contributed by atoms with E-state index in [4.69, 9.17) is 4.42 Å². The Bertz CT molecular complexity index is 873. The van der Waals surface area contributed by atoms with Crippen LogP contribution in [-0.2, 0) is 6.54 Å². The average molecular weight is 337 g/mol. The summed E-state index contributed by atoms with van der Waals surface area (Å²) in [5.41, 5.74) is 2.64. The quantitative estimate of drug-likeness (QED) is 0.529. The minimum atomic E-state index is -0.308. The molecule has 0 spiro atoms. The molecule has 2 heterocycles. The van der Waals surface area contributed by atoms with Gasteiger partial charge in [0.15, 0.2) is 11.5 Å². The Morgan fingerprint density at radius 2 is 2.00 bits per heavy atom. The number of nitro groups is 1. The van der Waals surface area contributed by atoms with Gasteiger partial charge in [-0.25, -0.2) is 4.98 Å². The van der Waals surface area contributed by atoms with E-state index in [-0.39, 0.29) is 16.5 Å². The second-order valence-electron chi connectivity index (χ2n) is 6.48. The van der Waals surface area contributed by atoms with Crippen LogP contribution in [-0.4, -0.2) is 27.9 Å². The van der Waals surface area contributed by atoms with Gasteiger partial charge in [-0.1, -0.05) is 30.3 Å². The molecule has 0 saturated carbocycles. The van der Waals surface area contributed by atoms with Crippen molar-refractivity contribution in [2.24, 2.45) is 0 Å². The molecule has 1 aliphatic heterocycles. The van der Waals surface area contributed by atoms with Crippen LogP contribution >= 0.6 is 0 Å². The Labute approximate surface area is 145 Å². The molecule has 0 N–H and O–H groups in total. The summed E-state index contributed by atoms with van der Waals surface area (Å²) in [4.78, 5) is 17.8. The zero-order valence-electron chi connectivity index (χ0n) is 13.8. The molecule has 6 nitrogen and oxygen atoms in total. The minimum Gasteiger partial charge on any atom is -0.440 e. The zero-order valence-corrected chi connectivity index (χ0v) is 13.8. The first-order valence-corrected chi connectivity index (χ1v) is 8.51. The fourth-order valence-corrected chi connectivity index (χ4v) is 3.53. The lowest BCUT2D eigenvalue weighted by molar-refractivity contribution is -0.385. The van der Waals surface area contributed by atoms with Gasteiger partial charge in [0.05, 0.1) is 4.92 Å². The van der Waals surface area contributed by atoms with Crippen LogP contribution in [0.15, 0.2) is 52.9 Å². The van der Waals surface area contributed by atoms with E-state index in [1.54, 1.807) is 12.1 Å². The maximum atomic E-state index is 11.2. The summed E-state index contributed by atoms with van der Waals surface area (Å²) in [6, 6.07) is 14.7. The maximum absolute atomic E-state index is 11.2. The van der Waals surface area contributed by atoms with Crippen LogP contribution in [0.2, 0.25) is 0 Å². The lowest BCUT2D eigenvalue weighted by Crippen LogP contribution is -2.34. The van der Waals surface area contributed by atoms with Crippen molar-refractivity contribution in [3.05, 3.63) is 70.1 Å². The summed E-state index contributed by atoms with van der Waals surface area (Å²) in [6.45, 7) is 2.32. The van der Waals surface area contributed by atoms with Gasteiger partial charge in [0.1, 0.15) is 5.52 Å². The smallest absolute Gasteiger partial charge is 0.273 e. The Hall–Kier alpha value is -2.73. The number of hydrogen-bond donors (Lipinski definition) is 0. The summed E-state index contributed by atoms with van der Waals surface area (Å²) in [5.74, 6) is 0.998. The van der Waals surface area contributed by atoms with Crippen molar-refractivity contribution in [2.75, 3.05) is 13.1 Å². The number of oxazole rings is 1. The van der Waals surface area contributed by atoms with Gasteiger partial charge in [0, 0.05) is 30.6 Å². The van der Waals surface area contributed by atoms with Crippen LogP contribution in [0.4, 0.5) is 5.69 Å². The molecule has 1 aliphatic rings. The second-order valence-corrected chi connectivity index (χ2v) is 6.48. The topological polar surface area (TPSA) is 72.4 Å². The molecule has 3 aromatic rings. The summed E-state index contributed by atoms with van der Waals surface area (Å²) >= 11 is 0. The Kier molecular flexibility index (Phi) is 4.19. The monoisotopic (exact) mass is 337 g/mol. The SMILES string of the molecule is O=[N+]([O-])c1ccccc1CN1CCCC(c2nc3ccccc3o2)C1. The molecule has 1 fully saturated rings. The third-order valence-corrected chi connectivity index (χ3v) is 4.75. The number of hydrogen-bond acceptors (Lipinski definition) is 5. The normalized spacial score (nSPS) is 18.5. The van der Waals surface area contributed by atoms with Crippen LogP contribution in [0, 0.1) is 10.1 Å². The lowest BCUT2D eigenvalue weighted by Gasteiger charge is -2.31. The molecule has 0 amide bonds. The number of rotatable bonds is 4. The molecular formula is C19H19N3O3. The third-order valence-electron chi connectivity index (χ3n) is 4.75. The van der Waals surface area contributed by atoms with Gasteiger partial charge in [-0.3, -0.25) is 15.0 Å². The molecule has 0 bridgehead atoms. The highest BCUT2D eigenvalue weighted by atomic mass is 16.6. The van der Waals surface area contributed by atoms with E-state index in [9.17, 15) is 10.1 Å². The molecule has 1 saturated heterocycles. The molecule has 1 atom stereocenters. The van der Waals surface area contributed by atoms with Gasteiger partial charge in [0.2, 0.25) is 0 Å². The number of nitro benzene ring substituents is 1. The van der Waals surface area contributed by atoms with Gasteiger partial charge < -0.3 is 4.42 Å². The predicted octanol–water partition coefficient (Wildman–Crippen LogP) is 4.12. The second kappa shape index (κ2) is 6.64. The number of benzene rings is 2. The first-order chi connectivity index (χ1) is 12.2. The van der Waals surface area contributed by atoms with Gasteiger partial charge in [-0.15, -0.1) is 0 Å². The summed E-state index contributed by atoms with van der Waals surface area (Å²) in [7, 11) is 0. The van der Waals surface area contributed by atoms with Gasteiger partial charge in [-0.2, -0.15) is 0 Å². The highest BCUT2D eigenvalue weighted by molar-refractivity contribution is 5.72. The number of nitrogens with zero attached hydrogens (tertiary/aromatic N) is 3. The molecule has 25 heavy (non-hydrogen) atoms. The van der Waals surface area contributed by atoms with Crippen LogP contribution < -0.4 is 0 Å².